The van der Waals surface area contributed by atoms with Crippen molar-refractivity contribution >= 4 is 11.8 Å². The van der Waals surface area contributed by atoms with Crippen molar-refractivity contribution < 1.29 is 14.4 Å². The fraction of sp³-hybridized carbons (Fsp3) is 0.769. The zero-order valence-corrected chi connectivity index (χ0v) is 20.2. The number of unbranched alkanes of at least 4 members (excludes halogenated alkanes) is 13. The molecule has 31 heavy (non-hydrogen) atoms. The van der Waals surface area contributed by atoms with Crippen LogP contribution in [0.25, 0.3) is 0 Å². The van der Waals surface area contributed by atoms with E-state index in [1.165, 1.54) is 89.9 Å². The normalized spacial score (nSPS) is 19.3. The van der Waals surface area contributed by atoms with Gasteiger partial charge in [0.15, 0.2) is 6.54 Å². The Morgan fingerprint density at radius 2 is 1.48 bits per heavy atom. The third-order valence-electron chi connectivity index (χ3n) is 6.32. The molecule has 2 unspecified atom stereocenters. The number of quaternary nitrogens is 1. The molecule has 178 valence electrons. The molecule has 0 spiro atoms. The van der Waals surface area contributed by atoms with Crippen LogP contribution in [0.15, 0.2) is 29.5 Å². The first kappa shape index (κ1) is 27.6. The second-order valence-electron chi connectivity index (χ2n) is 9.11. The molecule has 1 aliphatic heterocycles. The Balaban J connectivity index is 1.99. The summed E-state index contributed by atoms with van der Waals surface area (Å²) in [6.45, 7) is 4.10. The molecule has 0 aliphatic carbocycles. The molecular weight excluding hydrogens is 386 g/mol. The first-order chi connectivity index (χ1) is 15.0. The standard InChI is InChI=1S/C26H47N3O2/c1-3-4-5-6-7-8-9-10-11-12-13-14-15-16-17-18-19-20-25-28-21-22-29(25,24(2)27)23-26(30)31/h10-11,21-22,24H,3-9,12-20,23,27H2,1-2H3/p+1/b11-10+. The molecule has 0 fully saturated rings. The lowest BCUT2D eigenvalue weighted by molar-refractivity contribution is -0.805. The molecule has 5 heteroatoms. The molecule has 1 heterocycles. The minimum atomic E-state index is -0.839. The molecule has 0 aromatic heterocycles. The lowest BCUT2D eigenvalue weighted by atomic mass is 10.1. The SMILES string of the molecule is CCCCCCCC/C=C/CCCCCCCCCC1=NC=C[N+]1(CC(=O)O)C(C)N. The summed E-state index contributed by atoms with van der Waals surface area (Å²) in [5.74, 6) is 0.0546. The van der Waals surface area contributed by atoms with Crippen LogP contribution < -0.4 is 5.73 Å². The van der Waals surface area contributed by atoms with E-state index >= 15 is 0 Å². The minimum absolute atomic E-state index is 0.0274. The Morgan fingerprint density at radius 1 is 0.968 bits per heavy atom. The van der Waals surface area contributed by atoms with Gasteiger partial charge in [-0.15, -0.1) is 0 Å². The molecule has 1 aliphatic rings. The van der Waals surface area contributed by atoms with E-state index in [1.807, 2.05) is 13.1 Å². The summed E-state index contributed by atoms with van der Waals surface area (Å²) in [6, 6.07) is 0. The number of aliphatic imine (C=N–C) groups is 1. The van der Waals surface area contributed by atoms with Gasteiger partial charge in [-0.05, 0) is 32.1 Å². The average Bonchev–Trinajstić information content (AvgIpc) is 3.13. The summed E-state index contributed by atoms with van der Waals surface area (Å²) in [5, 5.41) is 9.26. The number of carboxylic acids is 1. The fourth-order valence-corrected chi connectivity index (χ4v) is 4.29. The van der Waals surface area contributed by atoms with Crippen molar-refractivity contribution in [2.75, 3.05) is 6.54 Å². The quantitative estimate of drug-likeness (QED) is 0.124. The van der Waals surface area contributed by atoms with Crippen LogP contribution in [0, 0.1) is 0 Å². The van der Waals surface area contributed by atoms with Crippen molar-refractivity contribution in [1.82, 2.24) is 0 Å². The number of carboxylic acid groups (broad SMARTS) is 1. The van der Waals surface area contributed by atoms with Crippen molar-refractivity contribution in [2.24, 2.45) is 10.7 Å². The average molecular weight is 435 g/mol. The third-order valence-corrected chi connectivity index (χ3v) is 6.32. The number of allylic oxidation sites excluding steroid dienone is 2. The van der Waals surface area contributed by atoms with Gasteiger partial charge in [-0.3, -0.25) is 5.73 Å². The first-order valence-corrected chi connectivity index (χ1v) is 12.8. The zero-order valence-electron chi connectivity index (χ0n) is 20.2. The van der Waals surface area contributed by atoms with E-state index in [0.717, 1.165) is 18.7 Å². The molecule has 2 atom stereocenters. The predicted octanol–water partition coefficient (Wildman–Crippen LogP) is 6.89. The highest BCUT2D eigenvalue weighted by Crippen LogP contribution is 2.23. The van der Waals surface area contributed by atoms with Gasteiger partial charge in [0.2, 0.25) is 5.84 Å². The smallest absolute Gasteiger partial charge is 0.360 e. The van der Waals surface area contributed by atoms with Crippen LogP contribution in [0.1, 0.15) is 117 Å². The Labute approximate surface area is 191 Å². The van der Waals surface area contributed by atoms with Crippen LogP contribution in [-0.2, 0) is 4.79 Å². The molecule has 0 amide bonds. The second-order valence-corrected chi connectivity index (χ2v) is 9.11. The molecule has 1 rings (SSSR count). The van der Waals surface area contributed by atoms with Crippen LogP contribution in [0.5, 0.6) is 0 Å². The molecule has 0 saturated heterocycles. The van der Waals surface area contributed by atoms with E-state index in [1.54, 1.807) is 6.20 Å². The lowest BCUT2D eigenvalue weighted by Gasteiger charge is -2.34. The first-order valence-electron chi connectivity index (χ1n) is 12.8. The number of aliphatic carboxylic acids is 1. The van der Waals surface area contributed by atoms with E-state index < -0.39 is 5.97 Å². The number of nitrogens with two attached hydrogens (primary N) is 1. The lowest BCUT2D eigenvalue weighted by Crippen LogP contribution is -2.59. The van der Waals surface area contributed by atoms with Gasteiger partial charge >= 0.3 is 5.97 Å². The van der Waals surface area contributed by atoms with E-state index in [-0.39, 0.29) is 17.2 Å². The number of nitrogens with zero attached hydrogens (tertiary/aromatic N) is 2. The van der Waals surface area contributed by atoms with E-state index in [4.69, 9.17) is 5.73 Å². The van der Waals surface area contributed by atoms with Gasteiger partial charge in [0.05, 0.1) is 6.20 Å². The van der Waals surface area contributed by atoms with Crippen molar-refractivity contribution in [3.8, 4) is 0 Å². The summed E-state index contributed by atoms with van der Waals surface area (Å²) in [5.41, 5.74) is 6.11. The molecule has 0 aromatic carbocycles. The third kappa shape index (κ3) is 11.6. The molecule has 0 aromatic rings. The van der Waals surface area contributed by atoms with Gasteiger partial charge in [0.1, 0.15) is 12.4 Å². The minimum Gasteiger partial charge on any atom is -0.477 e. The highest BCUT2D eigenvalue weighted by molar-refractivity contribution is 5.81. The second kappa shape index (κ2) is 17.1. The summed E-state index contributed by atoms with van der Waals surface area (Å²) in [6.07, 6.45) is 28.3. The van der Waals surface area contributed by atoms with Gasteiger partial charge in [0.25, 0.3) is 0 Å². The van der Waals surface area contributed by atoms with Gasteiger partial charge in [0, 0.05) is 13.3 Å². The Bertz CT molecular complexity index is 569. The van der Waals surface area contributed by atoms with Crippen molar-refractivity contribution in [1.29, 1.82) is 0 Å². The monoisotopic (exact) mass is 434 g/mol. The molecule has 5 nitrogen and oxygen atoms in total. The number of rotatable bonds is 20. The van der Waals surface area contributed by atoms with Crippen molar-refractivity contribution in [3.05, 3.63) is 24.6 Å². The molecule has 0 bridgehead atoms. The van der Waals surface area contributed by atoms with Gasteiger partial charge in [-0.2, -0.15) is 0 Å². The summed E-state index contributed by atoms with van der Waals surface area (Å²) < 4.78 is 0.168. The Hall–Kier alpha value is -1.46. The zero-order chi connectivity index (χ0) is 22.8. The molecular formula is C26H48N3O2+. The fourth-order valence-electron chi connectivity index (χ4n) is 4.29. The van der Waals surface area contributed by atoms with Gasteiger partial charge < -0.3 is 5.11 Å². The van der Waals surface area contributed by atoms with E-state index in [0.29, 0.717) is 0 Å². The van der Waals surface area contributed by atoms with Crippen LogP contribution in [0.2, 0.25) is 0 Å². The van der Waals surface area contributed by atoms with Gasteiger partial charge in [-0.25, -0.2) is 14.3 Å². The molecule has 3 N–H and O–H groups in total. The maximum Gasteiger partial charge on any atom is 0.360 e. The number of carbonyl (C=O) groups is 1. The Kier molecular flexibility index (Phi) is 15.2. The van der Waals surface area contributed by atoms with Gasteiger partial charge in [-0.1, -0.05) is 83.3 Å². The van der Waals surface area contributed by atoms with Crippen molar-refractivity contribution in [3.63, 3.8) is 0 Å². The highest BCUT2D eigenvalue weighted by atomic mass is 16.4. The Morgan fingerprint density at radius 3 is 2.00 bits per heavy atom. The van der Waals surface area contributed by atoms with Crippen LogP contribution in [0.3, 0.4) is 0 Å². The number of amidine groups is 1. The number of hydrogen-bond acceptors (Lipinski definition) is 3. The largest absolute Gasteiger partial charge is 0.477 e. The molecule has 0 saturated carbocycles. The maximum atomic E-state index is 11.3. The predicted molar refractivity (Wildman–Crippen MR) is 132 cm³/mol. The van der Waals surface area contributed by atoms with Crippen LogP contribution >= 0.6 is 0 Å². The molecule has 0 radical (unpaired) electrons. The topological polar surface area (TPSA) is 75.7 Å². The van der Waals surface area contributed by atoms with Crippen LogP contribution in [0.4, 0.5) is 0 Å². The van der Waals surface area contributed by atoms with E-state index in [2.05, 4.69) is 24.1 Å². The summed E-state index contributed by atoms with van der Waals surface area (Å²) in [4.78, 5) is 15.7. The summed E-state index contributed by atoms with van der Waals surface area (Å²) in [7, 11) is 0. The van der Waals surface area contributed by atoms with Crippen LogP contribution in [-0.4, -0.2) is 34.1 Å². The maximum absolute atomic E-state index is 11.3. The number of hydrogen-bond donors (Lipinski definition) is 2. The summed E-state index contributed by atoms with van der Waals surface area (Å²) >= 11 is 0. The van der Waals surface area contributed by atoms with Crippen molar-refractivity contribution in [2.45, 2.75) is 123 Å². The highest BCUT2D eigenvalue weighted by Gasteiger charge is 2.40. The van der Waals surface area contributed by atoms with E-state index in [9.17, 15) is 9.90 Å².